The number of aromatic nitrogens is 2. The summed E-state index contributed by atoms with van der Waals surface area (Å²) in [7, 11) is 0. The highest BCUT2D eigenvalue weighted by atomic mass is 16.5. The molecule has 7 heteroatoms. The van der Waals surface area contributed by atoms with Crippen LogP contribution in [0.15, 0.2) is 49.1 Å². The Labute approximate surface area is 159 Å². The van der Waals surface area contributed by atoms with Gasteiger partial charge in [0.15, 0.2) is 6.10 Å². The summed E-state index contributed by atoms with van der Waals surface area (Å²) in [6.07, 6.45) is 5.45. The molecule has 1 aromatic heterocycles. The third kappa shape index (κ3) is 4.54. The highest BCUT2D eigenvalue weighted by Gasteiger charge is 2.42. The third-order valence-corrected chi connectivity index (χ3v) is 4.67. The SMILES string of the molecule is CC(C)N1C(=O)CO[C@H](C(=O)NCCCn2ccnc2)[C@H]1c1ccccc1. The van der Waals surface area contributed by atoms with E-state index in [9.17, 15) is 9.59 Å². The van der Waals surface area contributed by atoms with E-state index in [1.54, 1.807) is 17.4 Å². The van der Waals surface area contributed by atoms with Crippen LogP contribution in [0.25, 0.3) is 0 Å². The van der Waals surface area contributed by atoms with E-state index >= 15 is 0 Å². The number of hydrogen-bond acceptors (Lipinski definition) is 4. The normalized spacial score (nSPS) is 20.1. The van der Waals surface area contributed by atoms with Crippen LogP contribution < -0.4 is 5.32 Å². The van der Waals surface area contributed by atoms with Gasteiger partial charge < -0.3 is 19.5 Å². The highest BCUT2D eigenvalue weighted by molar-refractivity contribution is 5.86. The first-order chi connectivity index (χ1) is 13.1. The average molecular weight is 370 g/mol. The Morgan fingerprint density at radius 1 is 1.33 bits per heavy atom. The smallest absolute Gasteiger partial charge is 0.251 e. The quantitative estimate of drug-likeness (QED) is 0.754. The molecule has 27 heavy (non-hydrogen) atoms. The summed E-state index contributed by atoms with van der Waals surface area (Å²) in [5, 5.41) is 2.95. The lowest BCUT2D eigenvalue weighted by Crippen LogP contribution is -2.56. The summed E-state index contributed by atoms with van der Waals surface area (Å²) in [4.78, 5) is 31.0. The number of rotatable bonds is 7. The van der Waals surface area contributed by atoms with Crippen LogP contribution >= 0.6 is 0 Å². The largest absolute Gasteiger partial charge is 0.356 e. The van der Waals surface area contributed by atoms with Crippen molar-refractivity contribution >= 4 is 11.8 Å². The molecule has 0 aliphatic carbocycles. The van der Waals surface area contributed by atoms with Crippen LogP contribution in [0.4, 0.5) is 0 Å². The third-order valence-electron chi connectivity index (χ3n) is 4.67. The van der Waals surface area contributed by atoms with Gasteiger partial charge in [-0.3, -0.25) is 9.59 Å². The van der Waals surface area contributed by atoms with Crippen LogP contribution in [-0.4, -0.2) is 51.6 Å². The van der Waals surface area contributed by atoms with Gasteiger partial charge in [-0.05, 0) is 25.8 Å². The Kier molecular flexibility index (Phi) is 6.24. The molecule has 0 saturated carbocycles. The van der Waals surface area contributed by atoms with Gasteiger partial charge in [-0.15, -0.1) is 0 Å². The molecule has 1 N–H and O–H groups in total. The first kappa shape index (κ1) is 19.1. The Morgan fingerprint density at radius 2 is 2.11 bits per heavy atom. The molecule has 144 valence electrons. The van der Waals surface area contributed by atoms with Gasteiger partial charge in [0.1, 0.15) is 6.61 Å². The van der Waals surface area contributed by atoms with Gasteiger partial charge in [0.05, 0.1) is 12.4 Å². The fraction of sp³-hybridized carbons (Fsp3) is 0.450. The highest BCUT2D eigenvalue weighted by Crippen LogP contribution is 2.32. The van der Waals surface area contributed by atoms with Crippen LogP contribution in [0.3, 0.4) is 0 Å². The lowest BCUT2D eigenvalue weighted by Gasteiger charge is -2.42. The number of nitrogens with one attached hydrogen (secondary N) is 1. The molecular weight excluding hydrogens is 344 g/mol. The van der Waals surface area contributed by atoms with Gasteiger partial charge in [-0.1, -0.05) is 30.3 Å². The minimum absolute atomic E-state index is 0.0249. The van der Waals surface area contributed by atoms with Crippen LogP contribution in [-0.2, 0) is 20.9 Å². The fourth-order valence-corrected chi connectivity index (χ4v) is 3.43. The summed E-state index contributed by atoms with van der Waals surface area (Å²) < 4.78 is 7.65. The van der Waals surface area contributed by atoms with Gasteiger partial charge in [-0.2, -0.15) is 0 Å². The van der Waals surface area contributed by atoms with Gasteiger partial charge in [0, 0.05) is 31.5 Å². The fourth-order valence-electron chi connectivity index (χ4n) is 3.43. The summed E-state index contributed by atoms with van der Waals surface area (Å²) >= 11 is 0. The Bertz CT molecular complexity index is 746. The van der Waals surface area contributed by atoms with E-state index in [0.717, 1.165) is 18.5 Å². The Hall–Kier alpha value is -2.67. The van der Waals surface area contributed by atoms with Crippen molar-refractivity contribution in [2.24, 2.45) is 0 Å². The van der Waals surface area contributed by atoms with Crippen molar-refractivity contribution < 1.29 is 14.3 Å². The number of hydrogen-bond donors (Lipinski definition) is 1. The van der Waals surface area contributed by atoms with Crippen molar-refractivity contribution in [3.05, 3.63) is 54.6 Å². The Balaban J connectivity index is 1.69. The topological polar surface area (TPSA) is 76.5 Å². The molecule has 0 spiro atoms. The molecule has 0 bridgehead atoms. The molecule has 1 fully saturated rings. The Morgan fingerprint density at radius 3 is 2.78 bits per heavy atom. The molecule has 3 rings (SSSR count). The number of morpholine rings is 1. The number of ether oxygens (including phenoxy) is 1. The monoisotopic (exact) mass is 370 g/mol. The van der Waals surface area contributed by atoms with Crippen molar-refractivity contribution in [2.45, 2.75) is 45.0 Å². The zero-order valence-corrected chi connectivity index (χ0v) is 15.7. The number of imidazole rings is 1. The maximum atomic E-state index is 12.8. The van der Waals surface area contributed by atoms with Gasteiger partial charge in [0.25, 0.3) is 5.91 Å². The van der Waals surface area contributed by atoms with E-state index in [2.05, 4.69) is 10.3 Å². The van der Waals surface area contributed by atoms with Gasteiger partial charge in [-0.25, -0.2) is 4.98 Å². The number of nitrogens with zero attached hydrogens (tertiary/aromatic N) is 3. The maximum absolute atomic E-state index is 12.8. The summed E-state index contributed by atoms with van der Waals surface area (Å²) in [6, 6.07) is 9.15. The van der Waals surface area contributed by atoms with Crippen molar-refractivity contribution in [3.8, 4) is 0 Å². The maximum Gasteiger partial charge on any atom is 0.251 e. The minimum atomic E-state index is -0.722. The average Bonchev–Trinajstić information content (AvgIpc) is 3.18. The molecule has 7 nitrogen and oxygen atoms in total. The van der Waals surface area contributed by atoms with E-state index in [1.165, 1.54) is 0 Å². The molecule has 2 atom stereocenters. The van der Waals surface area contributed by atoms with Crippen LogP contribution in [0.1, 0.15) is 31.9 Å². The second-order valence-electron chi connectivity index (χ2n) is 6.93. The van der Waals surface area contributed by atoms with Gasteiger partial charge >= 0.3 is 0 Å². The van der Waals surface area contributed by atoms with Crippen molar-refractivity contribution in [1.82, 2.24) is 19.8 Å². The zero-order valence-electron chi connectivity index (χ0n) is 15.7. The van der Waals surface area contributed by atoms with E-state index in [1.807, 2.05) is 54.9 Å². The molecule has 0 unspecified atom stereocenters. The standard InChI is InChI=1S/C20H26N4O3/c1-15(2)24-17(25)13-27-19(18(24)16-7-4-3-5-8-16)20(26)22-9-6-11-23-12-10-21-14-23/h3-5,7-8,10,12,14-15,18-19H,6,9,11,13H2,1-2H3,(H,22,26)/t18-,19+/m1/s1. The van der Waals surface area contributed by atoms with E-state index < -0.39 is 12.1 Å². The molecule has 2 heterocycles. The lowest BCUT2D eigenvalue weighted by atomic mass is 9.96. The molecule has 1 aromatic carbocycles. The summed E-state index contributed by atoms with van der Waals surface area (Å²) in [5.74, 6) is -0.282. The van der Waals surface area contributed by atoms with Crippen LogP contribution in [0, 0.1) is 0 Å². The van der Waals surface area contributed by atoms with Crippen molar-refractivity contribution in [1.29, 1.82) is 0 Å². The van der Waals surface area contributed by atoms with Gasteiger partial charge in [0.2, 0.25) is 5.91 Å². The summed E-state index contributed by atoms with van der Waals surface area (Å²) in [5.41, 5.74) is 0.901. The molecular formula is C20H26N4O3. The molecule has 1 aliphatic rings. The second-order valence-corrected chi connectivity index (χ2v) is 6.93. The van der Waals surface area contributed by atoms with E-state index in [-0.39, 0.29) is 24.5 Å². The molecule has 2 aromatic rings. The lowest BCUT2D eigenvalue weighted by molar-refractivity contribution is -0.167. The first-order valence-corrected chi connectivity index (χ1v) is 9.29. The van der Waals surface area contributed by atoms with Crippen LogP contribution in [0.5, 0.6) is 0 Å². The number of benzene rings is 1. The number of carbonyl (C=O) groups is 2. The summed E-state index contributed by atoms with van der Waals surface area (Å²) in [6.45, 7) is 5.16. The van der Waals surface area contributed by atoms with E-state index in [0.29, 0.717) is 6.54 Å². The number of amides is 2. The predicted molar refractivity (Wildman–Crippen MR) is 101 cm³/mol. The zero-order chi connectivity index (χ0) is 19.2. The minimum Gasteiger partial charge on any atom is -0.356 e. The number of carbonyl (C=O) groups excluding carboxylic acids is 2. The van der Waals surface area contributed by atoms with Crippen LogP contribution in [0.2, 0.25) is 0 Å². The van der Waals surface area contributed by atoms with Crippen molar-refractivity contribution in [3.63, 3.8) is 0 Å². The second kappa shape index (κ2) is 8.81. The molecule has 2 amide bonds. The first-order valence-electron chi connectivity index (χ1n) is 9.29. The van der Waals surface area contributed by atoms with Crippen molar-refractivity contribution in [2.75, 3.05) is 13.2 Å². The molecule has 1 saturated heterocycles. The van der Waals surface area contributed by atoms with E-state index in [4.69, 9.17) is 4.74 Å². The predicted octanol–water partition coefficient (Wildman–Crippen LogP) is 1.77. The number of aryl methyl sites for hydroxylation is 1. The molecule has 1 aliphatic heterocycles. The molecule has 0 radical (unpaired) electrons.